The first kappa shape index (κ1) is 21.3. The van der Waals surface area contributed by atoms with Gasteiger partial charge in [0, 0.05) is 26.2 Å². The molecule has 156 valence electrons. The quantitative estimate of drug-likeness (QED) is 0.752. The van der Waals surface area contributed by atoms with Crippen molar-refractivity contribution >= 4 is 15.9 Å². The van der Waals surface area contributed by atoms with Crippen LogP contribution in [0.25, 0.3) is 0 Å². The molecule has 7 heteroatoms. The lowest BCUT2D eigenvalue weighted by molar-refractivity contribution is -0.134. The molecule has 0 atom stereocenters. The van der Waals surface area contributed by atoms with Crippen molar-refractivity contribution in [2.75, 3.05) is 32.8 Å². The highest BCUT2D eigenvalue weighted by atomic mass is 32.2. The molecule has 2 aromatic carbocycles. The van der Waals surface area contributed by atoms with Crippen molar-refractivity contribution in [2.24, 2.45) is 0 Å². The van der Waals surface area contributed by atoms with Gasteiger partial charge in [0.2, 0.25) is 10.0 Å². The summed E-state index contributed by atoms with van der Waals surface area (Å²) >= 11 is 0. The molecule has 0 aromatic heterocycles. The van der Waals surface area contributed by atoms with E-state index in [2.05, 4.69) is 0 Å². The van der Waals surface area contributed by atoms with Crippen LogP contribution in [0.5, 0.6) is 5.75 Å². The van der Waals surface area contributed by atoms with Crippen molar-refractivity contribution in [3.8, 4) is 5.75 Å². The number of piperazine rings is 1. The van der Waals surface area contributed by atoms with Gasteiger partial charge in [0.15, 0.2) is 6.61 Å². The fraction of sp³-hybridized carbons (Fsp3) is 0.409. The Morgan fingerprint density at radius 2 is 1.48 bits per heavy atom. The molecule has 1 heterocycles. The molecule has 0 bridgehead atoms. The van der Waals surface area contributed by atoms with E-state index in [0.29, 0.717) is 23.7 Å². The molecule has 1 fully saturated rings. The summed E-state index contributed by atoms with van der Waals surface area (Å²) < 4.78 is 33.6. The molecular weight excluding hydrogens is 388 g/mol. The minimum absolute atomic E-state index is 0.0495. The monoisotopic (exact) mass is 416 g/mol. The Morgan fingerprint density at radius 1 is 0.931 bits per heavy atom. The lowest BCUT2D eigenvalue weighted by atomic mass is 10.0. The molecule has 2 aromatic rings. The van der Waals surface area contributed by atoms with Crippen LogP contribution in [0.4, 0.5) is 0 Å². The lowest BCUT2D eigenvalue weighted by Gasteiger charge is -2.34. The normalized spacial score (nSPS) is 15.4. The van der Waals surface area contributed by atoms with E-state index >= 15 is 0 Å². The third-order valence-corrected chi connectivity index (χ3v) is 7.77. The number of benzene rings is 2. The predicted molar refractivity (Wildman–Crippen MR) is 113 cm³/mol. The minimum atomic E-state index is -3.61. The van der Waals surface area contributed by atoms with E-state index in [-0.39, 0.29) is 25.6 Å². The first-order chi connectivity index (χ1) is 13.7. The van der Waals surface area contributed by atoms with Gasteiger partial charge in [0.05, 0.1) is 4.90 Å². The fourth-order valence-electron chi connectivity index (χ4n) is 3.63. The van der Waals surface area contributed by atoms with Crippen molar-refractivity contribution in [3.05, 3.63) is 58.7 Å². The Morgan fingerprint density at radius 3 is 2.03 bits per heavy atom. The smallest absolute Gasteiger partial charge is 0.260 e. The molecule has 1 amide bonds. The summed E-state index contributed by atoms with van der Waals surface area (Å²) in [6.45, 7) is 8.82. The number of rotatable bonds is 5. The van der Waals surface area contributed by atoms with Crippen molar-refractivity contribution in [1.29, 1.82) is 0 Å². The van der Waals surface area contributed by atoms with Crippen molar-refractivity contribution < 1.29 is 17.9 Å². The van der Waals surface area contributed by atoms with Crippen LogP contribution < -0.4 is 4.74 Å². The summed E-state index contributed by atoms with van der Waals surface area (Å²) in [6.07, 6.45) is 0. The molecule has 0 N–H and O–H groups in total. The SMILES string of the molecule is Cc1cc(C)c(C)c(S(=O)(=O)N2CCN(C(=O)COc3ccccc3)CC2)c1C. The minimum Gasteiger partial charge on any atom is -0.484 e. The number of sulfonamides is 1. The number of ether oxygens (including phenoxy) is 1. The number of nitrogens with zero attached hydrogens (tertiary/aromatic N) is 2. The molecule has 1 saturated heterocycles. The van der Waals surface area contributed by atoms with E-state index in [1.165, 1.54) is 4.31 Å². The van der Waals surface area contributed by atoms with E-state index in [9.17, 15) is 13.2 Å². The van der Waals surface area contributed by atoms with Gasteiger partial charge in [0.25, 0.3) is 5.91 Å². The first-order valence-corrected chi connectivity index (χ1v) is 11.2. The molecule has 0 spiro atoms. The maximum atomic E-state index is 13.3. The largest absolute Gasteiger partial charge is 0.484 e. The van der Waals surface area contributed by atoms with Gasteiger partial charge in [0.1, 0.15) is 5.75 Å². The Hall–Kier alpha value is -2.38. The van der Waals surface area contributed by atoms with E-state index in [1.807, 2.05) is 52.0 Å². The Bertz CT molecular complexity index is 969. The Balaban J connectivity index is 1.67. The average molecular weight is 417 g/mol. The molecule has 0 saturated carbocycles. The summed E-state index contributed by atoms with van der Waals surface area (Å²) in [7, 11) is -3.61. The topological polar surface area (TPSA) is 66.9 Å². The third kappa shape index (κ3) is 4.46. The van der Waals surface area contributed by atoms with Crippen LogP contribution in [0, 0.1) is 27.7 Å². The van der Waals surface area contributed by atoms with Gasteiger partial charge >= 0.3 is 0 Å². The van der Waals surface area contributed by atoms with Gasteiger partial charge in [-0.1, -0.05) is 24.3 Å². The Labute approximate surface area is 173 Å². The van der Waals surface area contributed by atoms with Gasteiger partial charge in [-0.3, -0.25) is 4.79 Å². The summed E-state index contributed by atoms with van der Waals surface area (Å²) in [6, 6.07) is 11.2. The van der Waals surface area contributed by atoms with Gasteiger partial charge in [-0.15, -0.1) is 0 Å². The molecule has 0 radical (unpaired) electrons. The summed E-state index contributed by atoms with van der Waals surface area (Å²) in [5, 5.41) is 0. The van der Waals surface area contributed by atoms with Gasteiger partial charge in [-0.05, 0) is 62.1 Å². The molecule has 29 heavy (non-hydrogen) atoms. The maximum absolute atomic E-state index is 13.3. The average Bonchev–Trinajstić information content (AvgIpc) is 2.71. The first-order valence-electron chi connectivity index (χ1n) is 9.75. The number of amides is 1. The molecular formula is C22H28N2O4S. The van der Waals surface area contributed by atoms with Crippen LogP contribution in [0.15, 0.2) is 41.3 Å². The fourth-order valence-corrected chi connectivity index (χ4v) is 5.63. The van der Waals surface area contributed by atoms with Crippen molar-refractivity contribution in [2.45, 2.75) is 32.6 Å². The molecule has 1 aliphatic rings. The number of para-hydroxylation sites is 1. The second kappa shape index (κ2) is 8.55. The number of aryl methyl sites for hydroxylation is 2. The third-order valence-electron chi connectivity index (χ3n) is 5.59. The highest BCUT2D eigenvalue weighted by Gasteiger charge is 2.32. The molecule has 1 aliphatic heterocycles. The van der Waals surface area contributed by atoms with Gasteiger partial charge in [-0.25, -0.2) is 8.42 Å². The van der Waals surface area contributed by atoms with Gasteiger partial charge < -0.3 is 9.64 Å². The van der Waals surface area contributed by atoms with Crippen LogP contribution in [0.3, 0.4) is 0 Å². The summed E-state index contributed by atoms with van der Waals surface area (Å²) in [4.78, 5) is 14.5. The number of hydrogen-bond donors (Lipinski definition) is 0. The zero-order valence-electron chi connectivity index (χ0n) is 17.4. The highest BCUT2D eigenvalue weighted by Crippen LogP contribution is 2.29. The number of carbonyl (C=O) groups is 1. The second-order valence-electron chi connectivity index (χ2n) is 7.48. The predicted octanol–water partition coefficient (Wildman–Crippen LogP) is 2.83. The molecule has 3 rings (SSSR count). The Kier molecular flexibility index (Phi) is 6.29. The standard InChI is InChI=1S/C22H28N2O4S/c1-16-14-17(2)19(4)22(18(16)3)29(26,27)24-12-10-23(11-13-24)21(25)15-28-20-8-6-5-7-9-20/h5-9,14H,10-13,15H2,1-4H3. The van der Waals surface area contributed by atoms with Crippen molar-refractivity contribution in [3.63, 3.8) is 0 Å². The van der Waals surface area contributed by atoms with Crippen LogP contribution in [-0.4, -0.2) is 56.3 Å². The van der Waals surface area contributed by atoms with E-state index in [1.54, 1.807) is 17.0 Å². The summed E-state index contributed by atoms with van der Waals surface area (Å²) in [5.74, 6) is 0.507. The number of hydrogen-bond acceptors (Lipinski definition) is 4. The van der Waals surface area contributed by atoms with E-state index < -0.39 is 10.0 Å². The zero-order valence-corrected chi connectivity index (χ0v) is 18.3. The maximum Gasteiger partial charge on any atom is 0.260 e. The van der Waals surface area contributed by atoms with Crippen LogP contribution in [-0.2, 0) is 14.8 Å². The second-order valence-corrected chi connectivity index (χ2v) is 9.35. The summed E-state index contributed by atoms with van der Waals surface area (Å²) in [5.41, 5.74) is 3.53. The van der Waals surface area contributed by atoms with Gasteiger partial charge in [-0.2, -0.15) is 4.31 Å². The zero-order chi connectivity index (χ0) is 21.2. The number of carbonyl (C=O) groups excluding carboxylic acids is 1. The van der Waals surface area contributed by atoms with Crippen molar-refractivity contribution in [1.82, 2.24) is 9.21 Å². The highest BCUT2D eigenvalue weighted by molar-refractivity contribution is 7.89. The van der Waals surface area contributed by atoms with Crippen LogP contribution in [0.2, 0.25) is 0 Å². The molecule has 0 aliphatic carbocycles. The molecule has 6 nitrogen and oxygen atoms in total. The van der Waals surface area contributed by atoms with E-state index in [0.717, 1.165) is 22.3 Å². The lowest BCUT2D eigenvalue weighted by Crippen LogP contribution is -2.51. The van der Waals surface area contributed by atoms with Crippen LogP contribution >= 0.6 is 0 Å². The van der Waals surface area contributed by atoms with E-state index in [4.69, 9.17) is 4.74 Å². The molecule has 0 unspecified atom stereocenters. The van der Waals surface area contributed by atoms with Crippen LogP contribution in [0.1, 0.15) is 22.3 Å².